The maximum absolute atomic E-state index is 12.4. The van der Waals surface area contributed by atoms with E-state index < -0.39 is 0 Å². The van der Waals surface area contributed by atoms with E-state index in [2.05, 4.69) is 19.2 Å². The summed E-state index contributed by atoms with van der Waals surface area (Å²) in [6.45, 7) is 5.49. The van der Waals surface area contributed by atoms with Crippen LogP contribution in [0.2, 0.25) is 0 Å². The lowest BCUT2D eigenvalue weighted by Crippen LogP contribution is -2.40. The maximum Gasteiger partial charge on any atom is 0.325 e. The van der Waals surface area contributed by atoms with Gasteiger partial charge in [0, 0.05) is 25.3 Å². The molecule has 22 heavy (non-hydrogen) atoms. The zero-order valence-corrected chi connectivity index (χ0v) is 13.1. The smallest absolute Gasteiger partial charge is 0.325 e. The summed E-state index contributed by atoms with van der Waals surface area (Å²) in [6.07, 6.45) is 0. The monoisotopic (exact) mass is 305 g/mol. The average Bonchev–Trinajstić information content (AvgIpc) is 2.86. The van der Waals surface area contributed by atoms with Crippen molar-refractivity contribution in [2.75, 3.05) is 37.7 Å². The molecule has 2 rings (SSSR count). The molecule has 1 aromatic carbocycles. The first-order valence-electron chi connectivity index (χ1n) is 7.57. The van der Waals surface area contributed by atoms with Crippen molar-refractivity contribution in [3.63, 3.8) is 0 Å². The summed E-state index contributed by atoms with van der Waals surface area (Å²) < 4.78 is 0. The molecule has 0 spiro atoms. The van der Waals surface area contributed by atoms with E-state index >= 15 is 0 Å². The van der Waals surface area contributed by atoms with Crippen molar-refractivity contribution in [2.45, 2.75) is 19.8 Å². The molecule has 0 bridgehead atoms. The van der Waals surface area contributed by atoms with Crippen LogP contribution in [0, 0.1) is 0 Å². The van der Waals surface area contributed by atoms with E-state index in [4.69, 9.17) is 5.11 Å². The van der Waals surface area contributed by atoms with Gasteiger partial charge in [0.2, 0.25) is 5.91 Å². The lowest BCUT2D eigenvalue weighted by atomic mass is 10.0. The Labute approximate surface area is 130 Å². The molecule has 0 unspecified atom stereocenters. The number of aliphatic hydroxyl groups is 1. The molecule has 3 amide bonds. The van der Waals surface area contributed by atoms with Crippen LogP contribution in [-0.4, -0.2) is 54.7 Å². The molecule has 6 nitrogen and oxygen atoms in total. The molecule has 1 aliphatic heterocycles. The number of carbonyl (C=O) groups is 2. The minimum atomic E-state index is -0.251. The van der Waals surface area contributed by atoms with Gasteiger partial charge in [-0.05, 0) is 23.6 Å². The summed E-state index contributed by atoms with van der Waals surface area (Å²) in [5.41, 5.74) is 2.09. The first kappa shape index (κ1) is 16.3. The van der Waals surface area contributed by atoms with E-state index in [1.54, 1.807) is 4.90 Å². The van der Waals surface area contributed by atoms with Gasteiger partial charge in [-0.25, -0.2) is 4.79 Å². The van der Waals surface area contributed by atoms with Crippen molar-refractivity contribution in [3.05, 3.63) is 29.8 Å². The minimum absolute atomic E-state index is 0.0272. The van der Waals surface area contributed by atoms with E-state index in [1.165, 1.54) is 10.5 Å². The molecular formula is C16H23N3O3. The molecule has 120 valence electrons. The Bertz CT molecular complexity index is 528. The van der Waals surface area contributed by atoms with Gasteiger partial charge in [-0.3, -0.25) is 9.69 Å². The Hall–Kier alpha value is -2.08. The number of carbonyl (C=O) groups excluding carboxylic acids is 2. The van der Waals surface area contributed by atoms with Crippen LogP contribution >= 0.6 is 0 Å². The fourth-order valence-electron chi connectivity index (χ4n) is 2.43. The molecule has 2 N–H and O–H groups in total. The Morgan fingerprint density at radius 1 is 1.27 bits per heavy atom. The third-order valence-corrected chi connectivity index (χ3v) is 3.73. The van der Waals surface area contributed by atoms with Crippen LogP contribution < -0.4 is 10.2 Å². The highest BCUT2D eigenvalue weighted by Gasteiger charge is 2.30. The van der Waals surface area contributed by atoms with E-state index in [0.29, 0.717) is 19.0 Å². The van der Waals surface area contributed by atoms with Gasteiger partial charge >= 0.3 is 6.03 Å². The van der Waals surface area contributed by atoms with E-state index in [9.17, 15) is 9.59 Å². The predicted molar refractivity (Wildman–Crippen MR) is 84.9 cm³/mol. The summed E-state index contributed by atoms with van der Waals surface area (Å²) in [7, 11) is 0. The molecule has 0 radical (unpaired) electrons. The van der Waals surface area contributed by atoms with Crippen molar-refractivity contribution >= 4 is 17.6 Å². The SMILES string of the molecule is CC(C)c1ccc(N2CCN(CC(=O)NCCO)C2=O)cc1. The van der Waals surface area contributed by atoms with Gasteiger partial charge in [0.15, 0.2) is 0 Å². The van der Waals surface area contributed by atoms with Crippen LogP contribution in [-0.2, 0) is 4.79 Å². The standard InChI is InChI=1S/C16H23N3O3/c1-12(2)13-3-5-14(6-4-13)19-9-8-18(16(19)22)11-15(21)17-7-10-20/h3-6,12,20H,7-11H2,1-2H3,(H,17,21). The Morgan fingerprint density at radius 2 is 1.95 bits per heavy atom. The number of hydrogen-bond acceptors (Lipinski definition) is 3. The minimum Gasteiger partial charge on any atom is -0.395 e. The number of benzene rings is 1. The number of urea groups is 1. The highest BCUT2D eigenvalue weighted by Crippen LogP contribution is 2.23. The molecule has 1 heterocycles. The summed E-state index contributed by atoms with van der Waals surface area (Å²) in [5, 5.41) is 11.2. The summed E-state index contributed by atoms with van der Waals surface area (Å²) >= 11 is 0. The number of anilines is 1. The second kappa shape index (κ2) is 7.26. The normalized spacial score (nSPS) is 14.8. The highest BCUT2D eigenvalue weighted by molar-refractivity contribution is 5.96. The van der Waals surface area contributed by atoms with Gasteiger partial charge in [-0.2, -0.15) is 0 Å². The van der Waals surface area contributed by atoms with Crippen LogP contribution in [0.3, 0.4) is 0 Å². The van der Waals surface area contributed by atoms with Gasteiger partial charge in [-0.1, -0.05) is 26.0 Å². The summed E-state index contributed by atoms with van der Waals surface area (Å²) in [5.74, 6) is 0.203. The number of nitrogens with zero attached hydrogens (tertiary/aromatic N) is 2. The zero-order chi connectivity index (χ0) is 16.1. The van der Waals surface area contributed by atoms with Crippen LogP contribution in [0.15, 0.2) is 24.3 Å². The summed E-state index contributed by atoms with van der Waals surface area (Å²) in [4.78, 5) is 27.2. The first-order valence-corrected chi connectivity index (χ1v) is 7.57. The molecule has 0 aromatic heterocycles. The van der Waals surface area contributed by atoms with Gasteiger partial charge in [0.05, 0.1) is 6.61 Å². The lowest BCUT2D eigenvalue weighted by Gasteiger charge is -2.19. The fraction of sp³-hybridized carbons (Fsp3) is 0.500. The maximum atomic E-state index is 12.4. The van der Waals surface area contributed by atoms with Gasteiger partial charge in [0.1, 0.15) is 6.54 Å². The lowest BCUT2D eigenvalue weighted by molar-refractivity contribution is -0.121. The Morgan fingerprint density at radius 3 is 2.55 bits per heavy atom. The molecule has 0 saturated carbocycles. The summed E-state index contributed by atoms with van der Waals surface area (Å²) in [6, 6.07) is 7.80. The van der Waals surface area contributed by atoms with E-state index in [1.807, 2.05) is 24.3 Å². The molecule has 1 aromatic rings. The van der Waals surface area contributed by atoms with Crippen LogP contribution in [0.4, 0.5) is 10.5 Å². The number of rotatable bonds is 6. The first-order chi connectivity index (χ1) is 10.5. The molecule has 6 heteroatoms. The largest absolute Gasteiger partial charge is 0.395 e. The van der Waals surface area contributed by atoms with Crippen molar-refractivity contribution < 1.29 is 14.7 Å². The van der Waals surface area contributed by atoms with Crippen LogP contribution in [0.25, 0.3) is 0 Å². The number of aliphatic hydroxyl groups excluding tert-OH is 1. The Balaban J connectivity index is 1.97. The Kier molecular flexibility index (Phi) is 5.38. The molecule has 0 atom stereocenters. The number of amides is 3. The predicted octanol–water partition coefficient (Wildman–Crippen LogP) is 1.16. The molecule has 1 aliphatic rings. The second-order valence-corrected chi connectivity index (χ2v) is 5.68. The van der Waals surface area contributed by atoms with Crippen molar-refractivity contribution in [2.24, 2.45) is 0 Å². The number of nitrogens with one attached hydrogen (secondary N) is 1. The second-order valence-electron chi connectivity index (χ2n) is 5.68. The van der Waals surface area contributed by atoms with Crippen LogP contribution in [0.5, 0.6) is 0 Å². The molecule has 1 fully saturated rings. The topological polar surface area (TPSA) is 72.9 Å². The van der Waals surface area contributed by atoms with E-state index in [0.717, 1.165) is 5.69 Å². The third kappa shape index (κ3) is 3.76. The van der Waals surface area contributed by atoms with Crippen molar-refractivity contribution in [3.8, 4) is 0 Å². The van der Waals surface area contributed by atoms with Gasteiger partial charge in [-0.15, -0.1) is 0 Å². The average molecular weight is 305 g/mol. The molecular weight excluding hydrogens is 282 g/mol. The van der Waals surface area contributed by atoms with Crippen molar-refractivity contribution in [1.82, 2.24) is 10.2 Å². The fourth-order valence-corrected chi connectivity index (χ4v) is 2.43. The molecule has 1 saturated heterocycles. The van der Waals surface area contributed by atoms with Crippen LogP contribution in [0.1, 0.15) is 25.3 Å². The zero-order valence-electron chi connectivity index (χ0n) is 13.1. The number of hydrogen-bond donors (Lipinski definition) is 2. The van der Waals surface area contributed by atoms with Gasteiger partial charge in [0.25, 0.3) is 0 Å². The van der Waals surface area contributed by atoms with Crippen molar-refractivity contribution in [1.29, 1.82) is 0 Å². The van der Waals surface area contributed by atoms with Gasteiger partial charge < -0.3 is 15.3 Å². The quantitative estimate of drug-likeness (QED) is 0.828. The molecule has 0 aliphatic carbocycles. The van der Waals surface area contributed by atoms with E-state index in [-0.39, 0.29) is 31.6 Å². The third-order valence-electron chi connectivity index (χ3n) is 3.73. The highest BCUT2D eigenvalue weighted by atomic mass is 16.3.